The molecule has 1 amide bonds. The Balaban J connectivity index is 1.57. The summed E-state index contributed by atoms with van der Waals surface area (Å²) >= 11 is 0.355. The first-order valence-corrected chi connectivity index (χ1v) is 13.2. The maximum atomic E-state index is 14.6. The van der Waals surface area contributed by atoms with E-state index in [4.69, 9.17) is 0 Å². The minimum Gasteiger partial charge on any atom is -0.351 e. The van der Waals surface area contributed by atoms with Crippen molar-refractivity contribution in [2.75, 3.05) is 0 Å². The molecular formula is C23H18F5N5O3S2. The maximum absolute atomic E-state index is 14.6. The van der Waals surface area contributed by atoms with Crippen molar-refractivity contribution in [3.63, 3.8) is 0 Å². The summed E-state index contributed by atoms with van der Waals surface area (Å²) in [4.78, 5) is 20.1. The Morgan fingerprint density at radius 1 is 1.24 bits per heavy atom. The van der Waals surface area contributed by atoms with Crippen LogP contribution in [0.1, 0.15) is 29.5 Å². The lowest BCUT2D eigenvalue weighted by Gasteiger charge is -2.27. The van der Waals surface area contributed by atoms with Crippen molar-refractivity contribution in [1.29, 1.82) is 5.26 Å². The molecule has 1 aromatic carbocycles. The molecule has 0 bridgehead atoms. The monoisotopic (exact) mass is 571 g/mol. The number of thiazole rings is 1. The van der Waals surface area contributed by atoms with Crippen LogP contribution in [0.3, 0.4) is 0 Å². The average Bonchev–Trinajstić information content (AvgIpc) is 3.48. The normalized spacial score (nSPS) is 20.3. The molecule has 8 nitrogen and oxygen atoms in total. The first-order valence-electron chi connectivity index (χ1n) is 11.0. The van der Waals surface area contributed by atoms with Crippen LogP contribution >= 0.6 is 11.3 Å². The van der Waals surface area contributed by atoms with Crippen molar-refractivity contribution in [2.24, 2.45) is 0 Å². The lowest BCUT2D eigenvalue weighted by atomic mass is 10.1. The second-order valence-electron chi connectivity index (χ2n) is 8.38. The van der Waals surface area contributed by atoms with Crippen molar-refractivity contribution in [3.8, 4) is 16.6 Å². The van der Waals surface area contributed by atoms with Crippen molar-refractivity contribution < 1.29 is 35.2 Å². The van der Waals surface area contributed by atoms with E-state index < -0.39 is 57.6 Å². The van der Waals surface area contributed by atoms with E-state index in [2.05, 4.69) is 15.3 Å². The number of halogens is 5. The number of rotatable bonds is 6. The Hall–Kier alpha value is -3.48. The molecule has 0 radical (unpaired) electrons. The number of nitrogens with one attached hydrogen (secondary N) is 1. The molecule has 3 aromatic rings. The summed E-state index contributed by atoms with van der Waals surface area (Å²) in [6.45, 7) is 1.00. The third-order valence-corrected chi connectivity index (χ3v) is 9.01. The summed E-state index contributed by atoms with van der Waals surface area (Å²) in [6, 6.07) is 4.45. The number of aromatic nitrogens is 2. The largest absolute Gasteiger partial charge is 0.443 e. The highest BCUT2D eigenvalue weighted by molar-refractivity contribution is 7.89. The van der Waals surface area contributed by atoms with E-state index in [1.165, 1.54) is 13.0 Å². The third kappa shape index (κ3) is 5.38. The number of amides is 1. The van der Waals surface area contributed by atoms with E-state index in [-0.39, 0.29) is 33.1 Å². The second kappa shape index (κ2) is 10.4. The number of nitriles is 1. The lowest BCUT2D eigenvalue weighted by molar-refractivity contribution is -0.137. The maximum Gasteiger partial charge on any atom is 0.443 e. The van der Waals surface area contributed by atoms with Gasteiger partial charge in [-0.3, -0.25) is 9.78 Å². The predicted octanol–water partition coefficient (Wildman–Crippen LogP) is 4.04. The van der Waals surface area contributed by atoms with E-state index in [0.29, 0.717) is 11.3 Å². The van der Waals surface area contributed by atoms with Gasteiger partial charge in [0.1, 0.15) is 24.1 Å². The van der Waals surface area contributed by atoms with Gasteiger partial charge in [-0.2, -0.15) is 22.7 Å². The Labute approximate surface area is 217 Å². The van der Waals surface area contributed by atoms with E-state index in [1.54, 1.807) is 0 Å². The number of nitrogens with zero attached hydrogens (tertiary/aromatic N) is 4. The molecule has 1 aliphatic rings. The highest BCUT2D eigenvalue weighted by Gasteiger charge is 2.49. The van der Waals surface area contributed by atoms with Crippen molar-refractivity contribution >= 4 is 27.3 Å². The third-order valence-electron chi connectivity index (χ3n) is 5.94. The number of hydrogen-bond acceptors (Lipinski definition) is 7. The van der Waals surface area contributed by atoms with Crippen LogP contribution in [0.25, 0.3) is 10.6 Å². The quantitative estimate of drug-likeness (QED) is 0.447. The summed E-state index contributed by atoms with van der Waals surface area (Å²) in [5.74, 6) is -1.52. The fraction of sp³-hybridized carbons (Fsp3) is 0.304. The van der Waals surface area contributed by atoms with E-state index >= 15 is 0 Å². The van der Waals surface area contributed by atoms with Gasteiger partial charge in [0.2, 0.25) is 15.9 Å². The Bertz CT molecular complexity index is 1500. The molecule has 4 rings (SSSR count). The number of hydrogen-bond donors (Lipinski definition) is 1. The van der Waals surface area contributed by atoms with Gasteiger partial charge in [-0.1, -0.05) is 0 Å². The SMILES string of the molecule is CC1C(F)CC(C(=O)NCc2cc(-c3cnc(C(F)(F)F)s3)ncc2C#N)N1S(=O)(=O)c1ccc(F)cc1. The molecule has 1 saturated heterocycles. The van der Waals surface area contributed by atoms with Gasteiger partial charge in [0.25, 0.3) is 0 Å². The molecule has 0 aliphatic carbocycles. The van der Waals surface area contributed by atoms with E-state index in [1.807, 2.05) is 6.07 Å². The van der Waals surface area contributed by atoms with Crippen LogP contribution in [0.5, 0.6) is 0 Å². The van der Waals surface area contributed by atoms with Gasteiger partial charge in [-0.15, -0.1) is 11.3 Å². The molecule has 0 saturated carbocycles. The fourth-order valence-corrected chi connectivity index (χ4v) is 6.56. The zero-order valence-corrected chi connectivity index (χ0v) is 21.0. The summed E-state index contributed by atoms with van der Waals surface area (Å²) < 4.78 is 93.8. The van der Waals surface area contributed by atoms with Crippen LogP contribution in [-0.4, -0.2) is 46.9 Å². The number of carbonyl (C=O) groups excluding carboxylic acids is 1. The van der Waals surface area contributed by atoms with Crippen LogP contribution < -0.4 is 5.32 Å². The minimum atomic E-state index is -4.64. The van der Waals surface area contributed by atoms with Crippen molar-refractivity contribution in [2.45, 2.75) is 49.2 Å². The van der Waals surface area contributed by atoms with Crippen molar-refractivity contribution in [1.82, 2.24) is 19.6 Å². The molecule has 3 heterocycles. The molecule has 38 heavy (non-hydrogen) atoms. The second-order valence-corrected chi connectivity index (χ2v) is 11.3. The molecular weight excluding hydrogens is 553 g/mol. The van der Waals surface area contributed by atoms with Crippen LogP contribution in [0.4, 0.5) is 22.0 Å². The zero-order chi connectivity index (χ0) is 27.8. The first-order chi connectivity index (χ1) is 17.8. The Kier molecular flexibility index (Phi) is 7.51. The highest BCUT2D eigenvalue weighted by Crippen LogP contribution is 2.36. The molecule has 3 atom stereocenters. The van der Waals surface area contributed by atoms with Gasteiger partial charge in [0.05, 0.1) is 27.1 Å². The van der Waals surface area contributed by atoms with Gasteiger partial charge in [0.15, 0.2) is 5.01 Å². The van der Waals surface area contributed by atoms with Gasteiger partial charge >= 0.3 is 6.18 Å². The average molecular weight is 572 g/mol. The van der Waals surface area contributed by atoms with Crippen LogP contribution in [0, 0.1) is 17.1 Å². The van der Waals surface area contributed by atoms with E-state index in [0.717, 1.165) is 41.0 Å². The number of pyridine rings is 1. The molecule has 1 fully saturated rings. The molecule has 2 aromatic heterocycles. The lowest BCUT2D eigenvalue weighted by Crippen LogP contribution is -2.48. The standard InChI is InChI=1S/C23H18F5N5O3S2/c1-12-17(25)7-19(33(12)38(35,36)16-4-2-15(24)3-5-16)21(34)31-9-13-6-18(30-10-14(13)8-29)20-11-32-22(37-20)23(26,27)28/h2-6,10-12,17,19H,7,9H2,1H3,(H,31,34). The summed E-state index contributed by atoms with van der Waals surface area (Å²) in [7, 11) is -4.37. The first kappa shape index (κ1) is 27.6. The zero-order valence-electron chi connectivity index (χ0n) is 19.4. The van der Waals surface area contributed by atoms with Gasteiger partial charge < -0.3 is 5.32 Å². The number of sulfonamides is 1. The number of alkyl halides is 4. The van der Waals surface area contributed by atoms with Crippen LogP contribution in [0.15, 0.2) is 47.6 Å². The smallest absolute Gasteiger partial charge is 0.351 e. The van der Waals surface area contributed by atoms with Gasteiger partial charge in [-0.05, 0) is 42.8 Å². The van der Waals surface area contributed by atoms with Crippen molar-refractivity contribution in [3.05, 3.63) is 64.7 Å². The molecule has 3 unspecified atom stereocenters. The highest BCUT2D eigenvalue weighted by atomic mass is 32.2. The van der Waals surface area contributed by atoms with Gasteiger partial charge in [0, 0.05) is 25.4 Å². The van der Waals surface area contributed by atoms with Crippen LogP contribution in [-0.2, 0) is 27.5 Å². The fourth-order valence-electron chi connectivity index (χ4n) is 4.00. The topological polar surface area (TPSA) is 116 Å². The Morgan fingerprint density at radius 2 is 1.92 bits per heavy atom. The summed E-state index contributed by atoms with van der Waals surface area (Å²) in [5, 5.41) is 10.8. The molecule has 1 N–H and O–H groups in total. The molecule has 0 spiro atoms. The Morgan fingerprint density at radius 3 is 2.53 bits per heavy atom. The number of carbonyl (C=O) groups is 1. The number of benzene rings is 1. The van der Waals surface area contributed by atoms with Gasteiger partial charge in [-0.25, -0.2) is 22.2 Å². The molecule has 15 heteroatoms. The molecule has 1 aliphatic heterocycles. The van der Waals surface area contributed by atoms with Crippen LogP contribution in [0.2, 0.25) is 0 Å². The summed E-state index contributed by atoms with van der Waals surface area (Å²) in [5.41, 5.74) is 0.303. The minimum absolute atomic E-state index is 0.0218. The van der Waals surface area contributed by atoms with E-state index in [9.17, 15) is 40.4 Å². The summed E-state index contributed by atoms with van der Waals surface area (Å²) in [6.07, 6.45) is -4.61. The predicted molar refractivity (Wildman–Crippen MR) is 125 cm³/mol. The molecule has 200 valence electrons.